The average Bonchev–Trinajstić information content (AvgIpc) is 2.07. The van der Waals surface area contributed by atoms with Gasteiger partial charge >= 0.3 is 5.97 Å². The summed E-state index contributed by atoms with van der Waals surface area (Å²) in [5.74, 6) is -0.739. The minimum Gasteiger partial charge on any atom is -0.481 e. The van der Waals surface area contributed by atoms with Gasteiger partial charge < -0.3 is 5.11 Å². The predicted octanol–water partition coefficient (Wildman–Crippen LogP) is 2.95. The standard InChI is InChI=1S/C11H14O2S/c1-8-3-5-10(6-4-8)14-9(2)7-11(12)13/h3-6,9H,7H2,1-2H3,(H,12,13). The Labute approximate surface area is 88.3 Å². The summed E-state index contributed by atoms with van der Waals surface area (Å²) in [4.78, 5) is 11.6. The van der Waals surface area contributed by atoms with Crippen LogP contribution in [0.25, 0.3) is 0 Å². The van der Waals surface area contributed by atoms with Crippen LogP contribution in [0, 0.1) is 6.92 Å². The van der Waals surface area contributed by atoms with E-state index in [1.807, 2.05) is 38.1 Å². The van der Waals surface area contributed by atoms with E-state index in [2.05, 4.69) is 0 Å². The molecule has 0 saturated heterocycles. The lowest BCUT2D eigenvalue weighted by atomic mass is 10.2. The highest BCUT2D eigenvalue weighted by Crippen LogP contribution is 2.25. The maximum Gasteiger partial charge on any atom is 0.304 e. The quantitative estimate of drug-likeness (QED) is 0.776. The highest BCUT2D eigenvalue weighted by atomic mass is 32.2. The normalized spacial score (nSPS) is 12.4. The van der Waals surface area contributed by atoms with Gasteiger partial charge in [0.05, 0.1) is 6.42 Å². The van der Waals surface area contributed by atoms with Crippen LogP contribution >= 0.6 is 11.8 Å². The van der Waals surface area contributed by atoms with Gasteiger partial charge in [-0.1, -0.05) is 24.6 Å². The molecule has 0 heterocycles. The third-order valence-electron chi connectivity index (χ3n) is 1.82. The zero-order valence-electron chi connectivity index (χ0n) is 8.36. The molecule has 0 amide bonds. The Kier molecular flexibility index (Phi) is 4.01. The molecule has 1 atom stereocenters. The Morgan fingerprint density at radius 3 is 2.50 bits per heavy atom. The van der Waals surface area contributed by atoms with Crippen LogP contribution in [0.1, 0.15) is 18.9 Å². The molecular formula is C11H14O2S. The largest absolute Gasteiger partial charge is 0.481 e. The average molecular weight is 210 g/mol. The van der Waals surface area contributed by atoms with Gasteiger partial charge in [0.15, 0.2) is 0 Å². The minimum absolute atomic E-state index is 0.121. The van der Waals surface area contributed by atoms with E-state index in [1.54, 1.807) is 11.8 Å². The zero-order chi connectivity index (χ0) is 10.6. The van der Waals surface area contributed by atoms with Gasteiger partial charge in [-0.15, -0.1) is 11.8 Å². The first-order valence-electron chi connectivity index (χ1n) is 4.53. The molecule has 0 aliphatic rings. The van der Waals surface area contributed by atoms with E-state index in [4.69, 9.17) is 5.11 Å². The molecule has 1 aromatic carbocycles. The number of rotatable bonds is 4. The first-order chi connectivity index (χ1) is 6.58. The van der Waals surface area contributed by atoms with Crippen molar-refractivity contribution in [2.24, 2.45) is 0 Å². The van der Waals surface area contributed by atoms with Crippen molar-refractivity contribution in [2.75, 3.05) is 0 Å². The van der Waals surface area contributed by atoms with Crippen LogP contribution in [0.4, 0.5) is 0 Å². The van der Waals surface area contributed by atoms with Crippen LogP contribution < -0.4 is 0 Å². The smallest absolute Gasteiger partial charge is 0.304 e. The van der Waals surface area contributed by atoms with E-state index in [-0.39, 0.29) is 11.7 Å². The summed E-state index contributed by atoms with van der Waals surface area (Å²) in [5.41, 5.74) is 1.22. The van der Waals surface area contributed by atoms with Crippen LogP contribution in [0.2, 0.25) is 0 Å². The summed E-state index contributed by atoms with van der Waals surface area (Å²) in [7, 11) is 0. The van der Waals surface area contributed by atoms with Crippen molar-refractivity contribution in [3.05, 3.63) is 29.8 Å². The summed E-state index contributed by atoms with van der Waals surface area (Å²) in [5, 5.41) is 8.71. The third-order valence-corrected chi connectivity index (χ3v) is 2.93. The Morgan fingerprint density at radius 2 is 2.00 bits per heavy atom. The lowest BCUT2D eigenvalue weighted by Gasteiger charge is -2.08. The van der Waals surface area contributed by atoms with Gasteiger partial charge in [0.2, 0.25) is 0 Å². The number of carboxylic acid groups (broad SMARTS) is 1. The first kappa shape index (κ1) is 11.1. The van der Waals surface area contributed by atoms with Crippen molar-refractivity contribution in [1.29, 1.82) is 0 Å². The van der Waals surface area contributed by atoms with Crippen molar-refractivity contribution in [3.63, 3.8) is 0 Å². The van der Waals surface area contributed by atoms with Crippen LogP contribution in [-0.2, 0) is 4.79 Å². The predicted molar refractivity (Wildman–Crippen MR) is 58.8 cm³/mol. The van der Waals surface area contributed by atoms with Gasteiger partial charge in [-0.25, -0.2) is 0 Å². The minimum atomic E-state index is -0.739. The van der Waals surface area contributed by atoms with E-state index in [0.717, 1.165) is 4.90 Å². The van der Waals surface area contributed by atoms with Crippen molar-refractivity contribution >= 4 is 17.7 Å². The summed E-state index contributed by atoms with van der Waals surface area (Å²) in [6, 6.07) is 8.13. The molecule has 0 aliphatic carbocycles. The number of hydrogen-bond donors (Lipinski definition) is 1. The second-order valence-corrected chi connectivity index (χ2v) is 4.85. The van der Waals surface area contributed by atoms with E-state index in [0.29, 0.717) is 0 Å². The highest BCUT2D eigenvalue weighted by molar-refractivity contribution is 8.00. The molecule has 2 nitrogen and oxygen atoms in total. The highest BCUT2D eigenvalue weighted by Gasteiger charge is 2.08. The fourth-order valence-corrected chi connectivity index (χ4v) is 2.12. The van der Waals surface area contributed by atoms with Crippen molar-refractivity contribution in [3.8, 4) is 0 Å². The maximum atomic E-state index is 10.4. The molecule has 1 rings (SSSR count). The molecule has 0 bridgehead atoms. The molecule has 1 unspecified atom stereocenters. The van der Waals surface area contributed by atoms with Gasteiger partial charge in [-0.3, -0.25) is 4.79 Å². The molecule has 14 heavy (non-hydrogen) atoms. The summed E-state index contributed by atoms with van der Waals surface area (Å²) < 4.78 is 0. The molecular weight excluding hydrogens is 196 g/mol. The van der Waals surface area contributed by atoms with E-state index in [9.17, 15) is 4.79 Å². The van der Waals surface area contributed by atoms with Crippen LogP contribution in [0.3, 0.4) is 0 Å². The first-order valence-corrected chi connectivity index (χ1v) is 5.41. The molecule has 0 fully saturated rings. The van der Waals surface area contributed by atoms with Gasteiger partial charge in [-0.05, 0) is 19.1 Å². The Balaban J connectivity index is 2.51. The van der Waals surface area contributed by atoms with Crippen molar-refractivity contribution in [2.45, 2.75) is 30.4 Å². The fraction of sp³-hybridized carbons (Fsp3) is 0.364. The van der Waals surface area contributed by atoms with Crippen molar-refractivity contribution in [1.82, 2.24) is 0 Å². The number of hydrogen-bond acceptors (Lipinski definition) is 2. The number of thioether (sulfide) groups is 1. The molecule has 0 aromatic heterocycles. The van der Waals surface area contributed by atoms with E-state index in [1.165, 1.54) is 5.56 Å². The van der Waals surface area contributed by atoms with Crippen molar-refractivity contribution < 1.29 is 9.90 Å². The third kappa shape index (κ3) is 3.83. The molecule has 1 N–H and O–H groups in total. The Hall–Kier alpha value is -0.960. The lowest BCUT2D eigenvalue weighted by molar-refractivity contribution is -0.136. The lowest BCUT2D eigenvalue weighted by Crippen LogP contribution is -2.05. The molecule has 3 heteroatoms. The molecule has 0 spiro atoms. The molecule has 0 saturated carbocycles. The van der Waals surface area contributed by atoms with E-state index >= 15 is 0 Å². The Morgan fingerprint density at radius 1 is 1.43 bits per heavy atom. The monoisotopic (exact) mass is 210 g/mol. The number of carbonyl (C=O) groups is 1. The number of carboxylic acids is 1. The van der Waals surface area contributed by atoms with Gasteiger partial charge in [0.1, 0.15) is 0 Å². The van der Waals surface area contributed by atoms with Crippen LogP contribution in [-0.4, -0.2) is 16.3 Å². The topological polar surface area (TPSA) is 37.3 Å². The molecule has 1 aromatic rings. The van der Waals surface area contributed by atoms with E-state index < -0.39 is 5.97 Å². The number of aryl methyl sites for hydroxylation is 1. The molecule has 0 radical (unpaired) electrons. The van der Waals surface area contributed by atoms with Gasteiger partial charge in [0, 0.05) is 10.1 Å². The SMILES string of the molecule is Cc1ccc(SC(C)CC(=O)O)cc1. The molecule has 0 aliphatic heterocycles. The molecule has 76 valence electrons. The fourth-order valence-electron chi connectivity index (χ4n) is 1.14. The van der Waals surface area contributed by atoms with Gasteiger partial charge in [-0.2, -0.15) is 0 Å². The number of benzene rings is 1. The second kappa shape index (κ2) is 5.05. The maximum absolute atomic E-state index is 10.4. The Bertz CT molecular complexity index is 306. The summed E-state index contributed by atoms with van der Waals surface area (Å²) >= 11 is 1.60. The van der Waals surface area contributed by atoms with Crippen LogP contribution in [0.5, 0.6) is 0 Å². The second-order valence-electron chi connectivity index (χ2n) is 3.34. The summed E-state index contributed by atoms with van der Waals surface area (Å²) in [6.45, 7) is 3.97. The number of aliphatic carboxylic acids is 1. The zero-order valence-corrected chi connectivity index (χ0v) is 9.17. The summed E-state index contributed by atoms with van der Waals surface area (Å²) in [6.07, 6.45) is 0.207. The van der Waals surface area contributed by atoms with Gasteiger partial charge in [0.25, 0.3) is 0 Å². The van der Waals surface area contributed by atoms with Crippen LogP contribution in [0.15, 0.2) is 29.2 Å².